The number of benzene rings is 2. The second-order valence-electron chi connectivity index (χ2n) is 7.25. The van der Waals surface area contributed by atoms with E-state index >= 15 is 0 Å². The van der Waals surface area contributed by atoms with Crippen molar-refractivity contribution in [3.63, 3.8) is 0 Å². The summed E-state index contributed by atoms with van der Waals surface area (Å²) < 4.78 is 2.09. The molecule has 4 aromatic rings. The van der Waals surface area contributed by atoms with E-state index in [4.69, 9.17) is 4.98 Å². The van der Waals surface area contributed by atoms with Crippen LogP contribution in [0.5, 0.6) is 0 Å². The Morgan fingerprint density at radius 3 is 2.26 bits per heavy atom. The highest BCUT2D eigenvalue weighted by Gasteiger charge is 2.17. The van der Waals surface area contributed by atoms with Gasteiger partial charge < -0.3 is 5.32 Å². The first-order chi connectivity index (χ1) is 13.0. The number of rotatable bonds is 4. The van der Waals surface area contributed by atoms with Gasteiger partial charge in [0.05, 0.1) is 0 Å². The van der Waals surface area contributed by atoms with Crippen LogP contribution >= 0.6 is 0 Å². The van der Waals surface area contributed by atoms with Crippen LogP contribution in [0.1, 0.15) is 36.7 Å². The zero-order valence-corrected chi connectivity index (χ0v) is 16.2. The van der Waals surface area contributed by atoms with Crippen molar-refractivity contribution < 1.29 is 0 Å². The van der Waals surface area contributed by atoms with Gasteiger partial charge in [0.25, 0.3) is 0 Å². The normalized spacial score (nSPS) is 11.3. The molecule has 0 aliphatic rings. The quantitative estimate of drug-likeness (QED) is 0.496. The number of nitrogens with zero attached hydrogens (tertiary/aromatic N) is 3. The van der Waals surface area contributed by atoms with Crippen molar-refractivity contribution in [2.45, 2.75) is 33.6 Å². The highest BCUT2D eigenvalue weighted by molar-refractivity contribution is 5.79. The number of aromatic nitrogens is 3. The summed E-state index contributed by atoms with van der Waals surface area (Å²) in [5, 5.41) is 3.58. The van der Waals surface area contributed by atoms with Crippen LogP contribution in [0.4, 0.5) is 11.5 Å². The lowest BCUT2D eigenvalue weighted by Gasteiger charge is -2.12. The predicted octanol–water partition coefficient (Wildman–Crippen LogP) is 5.88. The highest BCUT2D eigenvalue weighted by atomic mass is 15.2. The fourth-order valence-electron chi connectivity index (χ4n) is 3.38. The second-order valence-corrected chi connectivity index (χ2v) is 7.25. The van der Waals surface area contributed by atoms with Crippen molar-refractivity contribution in [1.82, 2.24) is 14.4 Å². The zero-order chi connectivity index (χ0) is 19.0. The van der Waals surface area contributed by atoms with E-state index in [1.54, 1.807) is 0 Å². The molecule has 4 heteroatoms. The summed E-state index contributed by atoms with van der Waals surface area (Å²) in [6, 6.07) is 20.9. The van der Waals surface area contributed by atoms with Gasteiger partial charge in [0.1, 0.15) is 11.5 Å². The SMILES string of the molecule is Cc1cc(C)n2c(Nc3ccc(C(C)C)cc3)c(-c3ccccc3)nc2n1. The van der Waals surface area contributed by atoms with Gasteiger partial charge in [-0.2, -0.15) is 0 Å². The molecule has 0 saturated heterocycles. The Kier molecular flexibility index (Phi) is 4.40. The number of fused-ring (bicyclic) bond motifs is 1. The zero-order valence-electron chi connectivity index (χ0n) is 16.2. The van der Waals surface area contributed by atoms with E-state index in [0.717, 1.165) is 34.2 Å². The maximum atomic E-state index is 4.84. The van der Waals surface area contributed by atoms with Crippen molar-refractivity contribution in [3.8, 4) is 11.3 Å². The van der Waals surface area contributed by atoms with Gasteiger partial charge in [-0.3, -0.25) is 4.40 Å². The average molecular weight is 356 g/mol. The van der Waals surface area contributed by atoms with Gasteiger partial charge in [-0.1, -0.05) is 56.3 Å². The maximum Gasteiger partial charge on any atom is 0.236 e. The largest absolute Gasteiger partial charge is 0.339 e. The van der Waals surface area contributed by atoms with Gasteiger partial charge in [0.15, 0.2) is 0 Å². The third-order valence-corrected chi connectivity index (χ3v) is 4.79. The lowest BCUT2D eigenvalue weighted by atomic mass is 10.0. The van der Waals surface area contributed by atoms with E-state index in [-0.39, 0.29) is 0 Å². The van der Waals surface area contributed by atoms with Crippen LogP contribution in [0.2, 0.25) is 0 Å². The molecule has 2 aromatic heterocycles. The minimum atomic E-state index is 0.518. The first kappa shape index (κ1) is 17.3. The number of hydrogen-bond donors (Lipinski definition) is 1. The molecule has 0 radical (unpaired) electrons. The van der Waals surface area contributed by atoms with E-state index < -0.39 is 0 Å². The molecule has 0 aliphatic carbocycles. The van der Waals surface area contributed by atoms with Crippen LogP contribution in [0.25, 0.3) is 17.0 Å². The first-order valence-corrected chi connectivity index (χ1v) is 9.32. The number of anilines is 2. The molecule has 1 N–H and O–H groups in total. The molecule has 4 nitrogen and oxygen atoms in total. The fourth-order valence-corrected chi connectivity index (χ4v) is 3.38. The fraction of sp³-hybridized carbons (Fsp3) is 0.217. The molecule has 136 valence electrons. The highest BCUT2D eigenvalue weighted by Crippen LogP contribution is 2.32. The van der Waals surface area contributed by atoms with Crippen molar-refractivity contribution >= 4 is 17.3 Å². The number of nitrogens with one attached hydrogen (secondary N) is 1. The molecule has 2 heterocycles. The van der Waals surface area contributed by atoms with Crippen LogP contribution < -0.4 is 5.32 Å². The maximum absolute atomic E-state index is 4.84. The topological polar surface area (TPSA) is 42.2 Å². The summed E-state index contributed by atoms with van der Waals surface area (Å²) in [7, 11) is 0. The van der Waals surface area contributed by atoms with E-state index in [1.807, 2.05) is 25.1 Å². The van der Waals surface area contributed by atoms with Gasteiger partial charge in [0, 0.05) is 22.6 Å². The Labute approximate surface area is 159 Å². The van der Waals surface area contributed by atoms with Crippen molar-refractivity contribution in [2.24, 2.45) is 0 Å². The van der Waals surface area contributed by atoms with Gasteiger partial charge in [0.2, 0.25) is 5.78 Å². The Balaban J connectivity index is 1.86. The summed E-state index contributed by atoms with van der Waals surface area (Å²) in [6.07, 6.45) is 0. The molecule has 0 unspecified atom stereocenters. The molecule has 0 saturated carbocycles. The molecule has 0 spiro atoms. The molecule has 2 aromatic carbocycles. The molecule has 0 atom stereocenters. The van der Waals surface area contributed by atoms with Crippen molar-refractivity contribution in [3.05, 3.63) is 77.6 Å². The molecule has 4 rings (SSSR count). The van der Waals surface area contributed by atoms with Crippen LogP contribution in [-0.4, -0.2) is 14.4 Å². The molecule has 0 bridgehead atoms. The monoisotopic (exact) mass is 356 g/mol. The standard InChI is InChI=1S/C23H24N4/c1-15(2)18-10-12-20(13-11-18)25-22-21(19-8-6-5-7-9-19)26-23-24-16(3)14-17(4)27(22)23/h5-15,25H,1-4H3. The molecule has 0 fully saturated rings. The Bertz CT molecular complexity index is 1080. The van der Waals surface area contributed by atoms with Crippen LogP contribution in [0.15, 0.2) is 60.7 Å². The van der Waals surface area contributed by atoms with Gasteiger partial charge in [-0.15, -0.1) is 0 Å². The molecule has 27 heavy (non-hydrogen) atoms. The first-order valence-electron chi connectivity index (χ1n) is 9.32. The van der Waals surface area contributed by atoms with Crippen LogP contribution in [0.3, 0.4) is 0 Å². The van der Waals surface area contributed by atoms with E-state index in [2.05, 4.69) is 77.9 Å². The van der Waals surface area contributed by atoms with Crippen molar-refractivity contribution in [1.29, 1.82) is 0 Å². The average Bonchev–Trinajstić information content (AvgIpc) is 3.01. The Morgan fingerprint density at radius 2 is 1.59 bits per heavy atom. The summed E-state index contributed by atoms with van der Waals surface area (Å²) in [6.45, 7) is 8.50. The van der Waals surface area contributed by atoms with E-state index in [9.17, 15) is 0 Å². The summed E-state index contributed by atoms with van der Waals surface area (Å²) in [5.41, 5.74) is 6.42. The summed E-state index contributed by atoms with van der Waals surface area (Å²) in [5.74, 6) is 2.18. The summed E-state index contributed by atoms with van der Waals surface area (Å²) >= 11 is 0. The number of imidazole rings is 1. The minimum absolute atomic E-state index is 0.518. The molecule has 0 amide bonds. The van der Waals surface area contributed by atoms with Crippen molar-refractivity contribution in [2.75, 3.05) is 5.32 Å². The lowest BCUT2D eigenvalue weighted by molar-refractivity contribution is 0.867. The molecule has 0 aliphatic heterocycles. The third kappa shape index (κ3) is 3.31. The lowest BCUT2D eigenvalue weighted by Crippen LogP contribution is -2.01. The van der Waals surface area contributed by atoms with Gasteiger partial charge in [-0.25, -0.2) is 9.97 Å². The summed E-state index contributed by atoms with van der Waals surface area (Å²) in [4.78, 5) is 9.47. The van der Waals surface area contributed by atoms with Crippen LogP contribution in [0, 0.1) is 13.8 Å². The Morgan fingerprint density at radius 1 is 0.889 bits per heavy atom. The third-order valence-electron chi connectivity index (χ3n) is 4.79. The molecular weight excluding hydrogens is 332 g/mol. The minimum Gasteiger partial charge on any atom is -0.339 e. The smallest absolute Gasteiger partial charge is 0.236 e. The molecular formula is C23H24N4. The predicted molar refractivity (Wildman–Crippen MR) is 112 cm³/mol. The van der Waals surface area contributed by atoms with Gasteiger partial charge >= 0.3 is 0 Å². The van der Waals surface area contributed by atoms with Gasteiger partial charge in [-0.05, 0) is 43.5 Å². The van der Waals surface area contributed by atoms with E-state index in [1.165, 1.54) is 5.56 Å². The Hall–Kier alpha value is -3.14. The van der Waals surface area contributed by atoms with E-state index in [0.29, 0.717) is 11.7 Å². The number of hydrogen-bond acceptors (Lipinski definition) is 3. The van der Waals surface area contributed by atoms with Crippen LogP contribution in [-0.2, 0) is 0 Å². The second kappa shape index (κ2) is 6.88. The number of aryl methyl sites for hydroxylation is 2.